The van der Waals surface area contributed by atoms with Gasteiger partial charge in [0.1, 0.15) is 5.60 Å². The fourth-order valence-electron chi connectivity index (χ4n) is 2.41. The maximum absolute atomic E-state index is 11.9. The SMILES string of the molecule is CN1CC[C@H](CC(=O)O)[C@H](NC(=O)OC(C)(C)C)CC1. The van der Waals surface area contributed by atoms with Gasteiger partial charge in [-0.15, -0.1) is 0 Å². The maximum Gasteiger partial charge on any atom is 0.407 e. The number of alkyl carbamates (subject to hydrolysis) is 1. The van der Waals surface area contributed by atoms with Crippen LogP contribution in [0.15, 0.2) is 0 Å². The van der Waals surface area contributed by atoms with Crippen LogP contribution in [0.4, 0.5) is 4.79 Å². The molecule has 0 radical (unpaired) electrons. The Bertz CT molecular complexity index is 352. The van der Waals surface area contributed by atoms with Gasteiger partial charge in [-0.2, -0.15) is 0 Å². The van der Waals surface area contributed by atoms with Crippen LogP contribution in [-0.2, 0) is 9.53 Å². The van der Waals surface area contributed by atoms with Gasteiger partial charge >= 0.3 is 12.1 Å². The van der Waals surface area contributed by atoms with E-state index in [1.807, 2.05) is 27.8 Å². The van der Waals surface area contributed by atoms with Crippen molar-refractivity contribution in [1.29, 1.82) is 0 Å². The van der Waals surface area contributed by atoms with E-state index in [1.165, 1.54) is 0 Å². The fraction of sp³-hybridized carbons (Fsp3) is 0.857. The first-order valence-corrected chi connectivity index (χ1v) is 7.07. The molecular weight excluding hydrogens is 260 g/mol. The molecule has 1 fully saturated rings. The van der Waals surface area contributed by atoms with E-state index in [-0.39, 0.29) is 18.4 Å². The second kappa shape index (κ2) is 6.92. The Morgan fingerprint density at radius 2 is 1.90 bits per heavy atom. The number of nitrogens with zero attached hydrogens (tertiary/aromatic N) is 1. The first-order chi connectivity index (χ1) is 9.17. The molecule has 0 unspecified atom stereocenters. The van der Waals surface area contributed by atoms with Crippen LogP contribution in [-0.4, -0.2) is 53.8 Å². The smallest absolute Gasteiger partial charge is 0.407 e. The molecule has 0 aromatic rings. The van der Waals surface area contributed by atoms with Crippen LogP contribution in [0.2, 0.25) is 0 Å². The zero-order valence-electron chi connectivity index (χ0n) is 12.8. The van der Waals surface area contributed by atoms with Crippen molar-refractivity contribution in [3.8, 4) is 0 Å². The predicted octanol–water partition coefficient (Wildman–Crippen LogP) is 1.70. The summed E-state index contributed by atoms with van der Waals surface area (Å²) < 4.78 is 5.25. The number of nitrogens with one attached hydrogen (secondary N) is 1. The standard InChI is InChI=1S/C14H26N2O4/c1-14(2,3)20-13(19)15-11-6-8-16(4)7-5-10(11)9-12(17)18/h10-11H,5-9H2,1-4H3,(H,15,19)(H,17,18)/t10-,11-/m1/s1. The van der Waals surface area contributed by atoms with Crippen molar-refractivity contribution in [2.75, 3.05) is 20.1 Å². The first kappa shape index (κ1) is 16.8. The van der Waals surface area contributed by atoms with Gasteiger partial charge < -0.3 is 20.1 Å². The van der Waals surface area contributed by atoms with Gasteiger partial charge in [-0.3, -0.25) is 4.79 Å². The number of hydrogen-bond donors (Lipinski definition) is 2. The summed E-state index contributed by atoms with van der Waals surface area (Å²) >= 11 is 0. The third-order valence-electron chi connectivity index (χ3n) is 3.41. The van der Waals surface area contributed by atoms with Crippen LogP contribution < -0.4 is 5.32 Å². The van der Waals surface area contributed by atoms with E-state index >= 15 is 0 Å². The number of hydrogen-bond acceptors (Lipinski definition) is 4. The molecule has 6 nitrogen and oxygen atoms in total. The molecule has 6 heteroatoms. The van der Waals surface area contributed by atoms with Crippen LogP contribution in [0.3, 0.4) is 0 Å². The monoisotopic (exact) mass is 286 g/mol. The van der Waals surface area contributed by atoms with Crippen molar-refractivity contribution in [2.45, 2.75) is 51.7 Å². The van der Waals surface area contributed by atoms with Crippen molar-refractivity contribution < 1.29 is 19.4 Å². The third kappa shape index (κ3) is 6.23. The topological polar surface area (TPSA) is 78.9 Å². The third-order valence-corrected chi connectivity index (χ3v) is 3.41. The number of amides is 1. The minimum Gasteiger partial charge on any atom is -0.481 e. The van der Waals surface area contributed by atoms with Crippen LogP contribution in [0.25, 0.3) is 0 Å². The fourth-order valence-corrected chi connectivity index (χ4v) is 2.41. The quantitative estimate of drug-likeness (QED) is 0.825. The van der Waals surface area contributed by atoms with Crippen LogP contribution >= 0.6 is 0 Å². The van der Waals surface area contributed by atoms with E-state index in [2.05, 4.69) is 10.2 Å². The zero-order chi connectivity index (χ0) is 15.3. The lowest BCUT2D eigenvalue weighted by atomic mass is 9.92. The molecule has 0 aromatic heterocycles. The molecule has 1 saturated heterocycles. The average Bonchev–Trinajstić information content (AvgIpc) is 2.41. The minimum atomic E-state index is -0.824. The molecule has 1 heterocycles. The van der Waals surface area contributed by atoms with Crippen LogP contribution in [0, 0.1) is 5.92 Å². The van der Waals surface area contributed by atoms with Crippen molar-refractivity contribution in [1.82, 2.24) is 10.2 Å². The van der Waals surface area contributed by atoms with E-state index in [9.17, 15) is 9.59 Å². The molecule has 1 amide bonds. The van der Waals surface area contributed by atoms with E-state index < -0.39 is 17.7 Å². The Balaban J connectivity index is 2.65. The molecule has 2 atom stereocenters. The molecule has 0 aliphatic carbocycles. The van der Waals surface area contributed by atoms with Crippen molar-refractivity contribution in [3.63, 3.8) is 0 Å². The van der Waals surface area contributed by atoms with Gasteiger partial charge in [-0.1, -0.05) is 0 Å². The summed E-state index contributed by atoms with van der Waals surface area (Å²) in [6, 6.07) is -0.147. The number of rotatable bonds is 3. The Hall–Kier alpha value is -1.30. The number of ether oxygens (including phenoxy) is 1. The largest absolute Gasteiger partial charge is 0.481 e. The first-order valence-electron chi connectivity index (χ1n) is 7.07. The lowest BCUT2D eigenvalue weighted by molar-refractivity contribution is -0.138. The predicted molar refractivity (Wildman–Crippen MR) is 75.6 cm³/mol. The van der Waals surface area contributed by atoms with E-state index in [1.54, 1.807) is 0 Å². The van der Waals surface area contributed by atoms with Gasteiger partial charge in [0.15, 0.2) is 0 Å². The summed E-state index contributed by atoms with van der Waals surface area (Å²) in [5.74, 6) is -0.875. The number of carbonyl (C=O) groups is 2. The Morgan fingerprint density at radius 3 is 2.45 bits per heavy atom. The van der Waals surface area contributed by atoms with Crippen molar-refractivity contribution in [2.24, 2.45) is 5.92 Å². The highest BCUT2D eigenvalue weighted by Crippen LogP contribution is 2.21. The molecular formula is C14H26N2O4. The molecule has 0 aromatic carbocycles. The van der Waals surface area contributed by atoms with Crippen LogP contribution in [0.1, 0.15) is 40.0 Å². The second-order valence-corrected chi connectivity index (χ2v) is 6.49. The molecule has 0 spiro atoms. The van der Waals surface area contributed by atoms with E-state index in [0.29, 0.717) is 0 Å². The van der Waals surface area contributed by atoms with Gasteiger partial charge in [0.05, 0.1) is 6.42 Å². The summed E-state index contributed by atoms with van der Waals surface area (Å²) in [7, 11) is 2.01. The molecule has 1 aliphatic heterocycles. The van der Waals surface area contributed by atoms with Gasteiger partial charge in [-0.25, -0.2) is 4.79 Å². The summed E-state index contributed by atoms with van der Waals surface area (Å²) in [5.41, 5.74) is -0.548. The lowest BCUT2D eigenvalue weighted by Gasteiger charge is -2.27. The highest BCUT2D eigenvalue weighted by atomic mass is 16.6. The zero-order valence-corrected chi connectivity index (χ0v) is 12.8. The lowest BCUT2D eigenvalue weighted by Crippen LogP contribution is -2.43. The number of carbonyl (C=O) groups excluding carboxylic acids is 1. The number of carboxylic acids is 1. The van der Waals surface area contributed by atoms with E-state index in [4.69, 9.17) is 9.84 Å². The molecule has 116 valence electrons. The van der Waals surface area contributed by atoms with Crippen molar-refractivity contribution in [3.05, 3.63) is 0 Å². The van der Waals surface area contributed by atoms with Crippen molar-refractivity contribution >= 4 is 12.1 Å². The van der Waals surface area contributed by atoms with E-state index in [0.717, 1.165) is 25.9 Å². The minimum absolute atomic E-state index is 0.0510. The average molecular weight is 286 g/mol. The molecule has 0 bridgehead atoms. The van der Waals surface area contributed by atoms with Gasteiger partial charge in [0.25, 0.3) is 0 Å². The number of carboxylic acid groups (broad SMARTS) is 1. The van der Waals surface area contributed by atoms with Gasteiger partial charge in [-0.05, 0) is 59.7 Å². The number of likely N-dealkylation sites (tertiary alicyclic amines) is 1. The summed E-state index contributed by atoms with van der Waals surface area (Å²) in [5, 5.41) is 11.8. The summed E-state index contributed by atoms with van der Waals surface area (Å²) in [4.78, 5) is 25.0. The number of aliphatic carboxylic acids is 1. The summed E-state index contributed by atoms with van der Waals surface area (Å²) in [6.45, 7) is 7.12. The Labute approximate surface area is 120 Å². The highest BCUT2D eigenvalue weighted by Gasteiger charge is 2.29. The molecule has 1 rings (SSSR count). The van der Waals surface area contributed by atoms with Gasteiger partial charge in [0.2, 0.25) is 0 Å². The second-order valence-electron chi connectivity index (χ2n) is 6.49. The maximum atomic E-state index is 11.9. The summed E-state index contributed by atoms with van der Waals surface area (Å²) in [6.07, 6.45) is 1.12. The van der Waals surface area contributed by atoms with Crippen LogP contribution in [0.5, 0.6) is 0 Å². The molecule has 0 saturated carbocycles. The molecule has 2 N–H and O–H groups in total. The highest BCUT2D eigenvalue weighted by molar-refractivity contribution is 5.69. The Morgan fingerprint density at radius 1 is 1.30 bits per heavy atom. The Kier molecular flexibility index (Phi) is 5.80. The molecule has 20 heavy (non-hydrogen) atoms. The normalized spacial score (nSPS) is 24.8. The molecule has 1 aliphatic rings. The van der Waals surface area contributed by atoms with Gasteiger partial charge in [0, 0.05) is 6.04 Å².